The van der Waals surface area contributed by atoms with Crippen LogP contribution in [0.25, 0.3) is 5.69 Å². The number of aryl methyl sites for hydroxylation is 3. The first-order chi connectivity index (χ1) is 9.73. The molecule has 0 saturated heterocycles. The van der Waals surface area contributed by atoms with Gasteiger partial charge in [0.15, 0.2) is 0 Å². The fourth-order valence-corrected chi connectivity index (χ4v) is 2.18. The molecule has 0 N–H and O–H groups in total. The molecule has 0 spiro atoms. The highest BCUT2D eigenvalue weighted by Crippen LogP contribution is 2.23. The molecule has 0 unspecified atom stereocenters. The van der Waals surface area contributed by atoms with Gasteiger partial charge in [0.1, 0.15) is 0 Å². The van der Waals surface area contributed by atoms with Crippen molar-refractivity contribution in [2.24, 2.45) is 7.05 Å². The van der Waals surface area contributed by atoms with Gasteiger partial charge in [0, 0.05) is 30.4 Å². The first-order valence-corrected chi connectivity index (χ1v) is 6.29. The van der Waals surface area contributed by atoms with Crippen molar-refractivity contribution in [3.05, 3.63) is 66.0 Å². The van der Waals surface area contributed by atoms with E-state index >= 15 is 0 Å². The first kappa shape index (κ1) is 14.7. The third-order valence-corrected chi connectivity index (χ3v) is 3.51. The molecule has 1 heterocycles. The smallest absolute Gasteiger partial charge is 0.301 e. The molecular weight excluding hydrogens is 274 g/mol. The van der Waals surface area contributed by atoms with Gasteiger partial charge in [-0.05, 0) is 32.4 Å². The summed E-state index contributed by atoms with van der Waals surface area (Å²) in [6.45, 7) is 4.87. The van der Waals surface area contributed by atoms with Gasteiger partial charge in [-0.15, -0.1) is 0 Å². The van der Waals surface area contributed by atoms with E-state index < -0.39 is 16.2 Å². The highest BCUT2D eigenvalue weighted by molar-refractivity contribution is 5.52. The number of nitro groups is 1. The summed E-state index contributed by atoms with van der Waals surface area (Å²) in [5.41, 5.74) is 0.850. The number of nitro benzene ring substituents is 1. The molecule has 0 atom stereocenters. The summed E-state index contributed by atoms with van der Waals surface area (Å²) in [5, 5.41) is 10.9. The fourth-order valence-electron chi connectivity index (χ4n) is 2.18. The topological polar surface area (TPSA) is 87.1 Å². The van der Waals surface area contributed by atoms with Crippen LogP contribution >= 0.6 is 0 Å². The van der Waals surface area contributed by atoms with Gasteiger partial charge in [-0.25, -0.2) is 9.36 Å². The van der Waals surface area contributed by atoms with Crippen LogP contribution in [-0.2, 0) is 7.05 Å². The molecule has 0 aliphatic rings. The van der Waals surface area contributed by atoms with Crippen LogP contribution in [0.2, 0.25) is 0 Å². The minimum absolute atomic E-state index is 0.0340. The summed E-state index contributed by atoms with van der Waals surface area (Å²) in [6.07, 6.45) is 0. The first-order valence-electron chi connectivity index (χ1n) is 6.29. The third-order valence-electron chi connectivity index (χ3n) is 3.51. The quantitative estimate of drug-likeness (QED) is 0.617. The lowest BCUT2D eigenvalue weighted by Crippen LogP contribution is -2.38. The van der Waals surface area contributed by atoms with Crippen molar-refractivity contribution < 1.29 is 4.92 Å². The predicted molar refractivity (Wildman–Crippen MR) is 78.1 cm³/mol. The maximum absolute atomic E-state index is 12.3. The summed E-state index contributed by atoms with van der Waals surface area (Å²) in [4.78, 5) is 34.8. The Balaban J connectivity index is 2.84. The van der Waals surface area contributed by atoms with Gasteiger partial charge in [-0.2, -0.15) is 0 Å². The van der Waals surface area contributed by atoms with Crippen LogP contribution in [0.5, 0.6) is 0 Å². The molecule has 0 fully saturated rings. The Labute approximate surface area is 120 Å². The molecule has 2 rings (SSSR count). The van der Waals surface area contributed by atoms with Crippen LogP contribution in [-0.4, -0.2) is 14.1 Å². The summed E-state index contributed by atoms with van der Waals surface area (Å²) in [6, 6.07) is 4.22. The average Bonchev–Trinajstić information content (AvgIpc) is 2.39. The predicted octanol–water partition coefficient (Wildman–Crippen LogP) is 1.37. The summed E-state index contributed by atoms with van der Waals surface area (Å²) < 4.78 is 2.39. The number of hydrogen-bond acceptors (Lipinski definition) is 4. The van der Waals surface area contributed by atoms with Crippen LogP contribution in [0.1, 0.15) is 16.8 Å². The number of rotatable bonds is 2. The van der Waals surface area contributed by atoms with Crippen LogP contribution in [0, 0.1) is 30.9 Å². The Morgan fingerprint density at radius 2 is 1.67 bits per heavy atom. The van der Waals surface area contributed by atoms with Crippen LogP contribution in [0.15, 0.2) is 27.8 Å². The normalized spacial score (nSPS) is 10.7. The number of aromatic nitrogens is 2. The zero-order valence-corrected chi connectivity index (χ0v) is 12.2. The van der Waals surface area contributed by atoms with Gasteiger partial charge >= 0.3 is 5.69 Å². The Bertz CT molecular complexity index is 862. The zero-order chi connectivity index (χ0) is 15.9. The fraction of sp³-hybridized carbons (Fsp3) is 0.286. The van der Waals surface area contributed by atoms with Gasteiger partial charge in [0.25, 0.3) is 11.2 Å². The van der Waals surface area contributed by atoms with Crippen LogP contribution < -0.4 is 11.2 Å². The molecule has 0 aliphatic heterocycles. The van der Waals surface area contributed by atoms with Gasteiger partial charge < -0.3 is 4.57 Å². The van der Waals surface area contributed by atoms with Crippen molar-refractivity contribution in [2.45, 2.75) is 20.8 Å². The van der Waals surface area contributed by atoms with E-state index in [-0.39, 0.29) is 5.69 Å². The lowest BCUT2D eigenvalue weighted by atomic mass is 10.1. The van der Waals surface area contributed by atoms with E-state index in [0.717, 1.165) is 4.57 Å². The SMILES string of the molecule is Cc1cc([N+](=O)[O-])c(C)cc1-n1c(=O)cc(C)n(C)c1=O. The van der Waals surface area contributed by atoms with E-state index in [0.29, 0.717) is 22.5 Å². The van der Waals surface area contributed by atoms with Gasteiger partial charge in [-0.1, -0.05) is 0 Å². The van der Waals surface area contributed by atoms with E-state index in [4.69, 9.17) is 0 Å². The van der Waals surface area contributed by atoms with Crippen molar-refractivity contribution in [3.63, 3.8) is 0 Å². The Morgan fingerprint density at radius 3 is 2.24 bits per heavy atom. The Kier molecular flexibility index (Phi) is 3.51. The zero-order valence-electron chi connectivity index (χ0n) is 12.2. The number of nitrogens with zero attached hydrogens (tertiary/aromatic N) is 3. The average molecular weight is 289 g/mol. The monoisotopic (exact) mass is 289 g/mol. The molecule has 7 heteroatoms. The minimum Gasteiger partial charge on any atom is -0.301 e. The van der Waals surface area contributed by atoms with Crippen molar-refractivity contribution >= 4 is 5.69 Å². The molecule has 110 valence electrons. The summed E-state index contributed by atoms with van der Waals surface area (Å²) in [7, 11) is 1.57. The Hall–Kier alpha value is -2.70. The molecule has 7 nitrogen and oxygen atoms in total. The lowest BCUT2D eigenvalue weighted by molar-refractivity contribution is -0.385. The van der Waals surface area contributed by atoms with Crippen molar-refractivity contribution in [2.75, 3.05) is 0 Å². The molecule has 1 aromatic heterocycles. The van der Waals surface area contributed by atoms with E-state index in [1.807, 2.05) is 0 Å². The van der Waals surface area contributed by atoms with Crippen LogP contribution in [0.4, 0.5) is 5.69 Å². The third kappa shape index (κ3) is 2.37. The van der Waals surface area contributed by atoms with Gasteiger partial charge in [0.05, 0.1) is 10.6 Å². The van der Waals surface area contributed by atoms with Crippen molar-refractivity contribution in [1.29, 1.82) is 0 Å². The second-order valence-electron chi connectivity index (χ2n) is 4.98. The standard InChI is InChI=1S/C14H15N3O4/c1-8-6-12(17(20)21)9(2)5-11(8)16-13(18)7-10(3)15(4)14(16)19/h5-7H,1-4H3. The lowest BCUT2D eigenvalue weighted by Gasteiger charge is -2.12. The van der Waals surface area contributed by atoms with E-state index in [1.54, 1.807) is 27.8 Å². The molecule has 0 amide bonds. The largest absolute Gasteiger partial charge is 0.335 e. The molecule has 0 saturated carbocycles. The minimum atomic E-state index is -0.484. The molecule has 21 heavy (non-hydrogen) atoms. The van der Waals surface area contributed by atoms with E-state index in [1.165, 1.54) is 22.8 Å². The molecular formula is C14H15N3O4. The Morgan fingerprint density at radius 1 is 1.05 bits per heavy atom. The molecule has 0 bridgehead atoms. The maximum Gasteiger partial charge on any atom is 0.335 e. The summed E-state index contributed by atoms with van der Waals surface area (Å²) >= 11 is 0. The van der Waals surface area contributed by atoms with E-state index in [2.05, 4.69) is 0 Å². The second-order valence-corrected chi connectivity index (χ2v) is 4.98. The maximum atomic E-state index is 12.3. The molecule has 0 aliphatic carbocycles. The van der Waals surface area contributed by atoms with Crippen molar-refractivity contribution in [3.8, 4) is 5.69 Å². The highest BCUT2D eigenvalue weighted by Gasteiger charge is 2.17. The molecule has 2 aromatic rings. The van der Waals surface area contributed by atoms with Gasteiger partial charge in [0.2, 0.25) is 0 Å². The van der Waals surface area contributed by atoms with Crippen LogP contribution in [0.3, 0.4) is 0 Å². The van der Waals surface area contributed by atoms with Crippen molar-refractivity contribution in [1.82, 2.24) is 9.13 Å². The second kappa shape index (κ2) is 5.01. The highest BCUT2D eigenvalue weighted by atomic mass is 16.6. The summed E-state index contributed by atoms with van der Waals surface area (Å²) in [5.74, 6) is 0. The van der Waals surface area contributed by atoms with E-state index in [9.17, 15) is 19.7 Å². The number of benzene rings is 1. The molecule has 0 radical (unpaired) electrons. The van der Waals surface area contributed by atoms with Gasteiger partial charge in [-0.3, -0.25) is 14.9 Å². The molecule has 1 aromatic carbocycles. The number of hydrogen-bond donors (Lipinski definition) is 0.